The van der Waals surface area contributed by atoms with Gasteiger partial charge in [-0.1, -0.05) is 23.7 Å². The Morgan fingerprint density at radius 3 is 2.25 bits per heavy atom. The summed E-state index contributed by atoms with van der Waals surface area (Å²) in [6, 6.07) is 6.75. The van der Waals surface area contributed by atoms with E-state index >= 15 is 0 Å². The van der Waals surface area contributed by atoms with Crippen molar-refractivity contribution >= 4 is 23.6 Å². The minimum Gasteiger partial charge on any atom is -0.436 e. The van der Waals surface area contributed by atoms with Gasteiger partial charge in [-0.3, -0.25) is 4.79 Å². The summed E-state index contributed by atoms with van der Waals surface area (Å²) in [6.45, 7) is 0. The third-order valence-corrected chi connectivity index (χ3v) is 2.16. The van der Waals surface area contributed by atoms with Gasteiger partial charge >= 0.3 is 6.09 Å². The van der Waals surface area contributed by atoms with Gasteiger partial charge in [0.1, 0.15) is 0 Å². The van der Waals surface area contributed by atoms with Crippen LogP contribution in [-0.4, -0.2) is 18.1 Å². The number of hydrogen-bond donors (Lipinski definition) is 2. The van der Waals surface area contributed by atoms with E-state index in [1.54, 1.807) is 24.3 Å². The van der Waals surface area contributed by atoms with Crippen LogP contribution in [-0.2, 0) is 16.0 Å². The largest absolute Gasteiger partial charge is 0.436 e. The van der Waals surface area contributed by atoms with Crippen molar-refractivity contribution in [2.24, 2.45) is 11.5 Å². The molecule has 0 aliphatic rings. The summed E-state index contributed by atoms with van der Waals surface area (Å²) >= 11 is 5.70. The van der Waals surface area contributed by atoms with Crippen LogP contribution in [0.15, 0.2) is 24.3 Å². The number of benzene rings is 1. The first-order valence-electron chi connectivity index (χ1n) is 4.49. The third kappa shape index (κ3) is 3.78. The Morgan fingerprint density at radius 2 is 1.81 bits per heavy atom. The molecule has 1 rings (SSSR count). The molecule has 0 spiro atoms. The molecule has 1 atom stereocenters. The summed E-state index contributed by atoms with van der Waals surface area (Å²) in [5, 5.41) is 0.579. The van der Waals surface area contributed by atoms with E-state index in [0.29, 0.717) is 5.02 Å². The molecule has 1 unspecified atom stereocenters. The standard InChI is InChI=1S/C10H11ClN2O3/c11-7-3-1-6(2-4-7)5-8(9(12)14)16-10(13)15/h1-4,8H,5H2,(H2,12,14)(H2,13,15). The van der Waals surface area contributed by atoms with E-state index in [-0.39, 0.29) is 6.42 Å². The van der Waals surface area contributed by atoms with E-state index in [1.807, 2.05) is 0 Å². The predicted molar refractivity (Wildman–Crippen MR) is 58.8 cm³/mol. The highest BCUT2D eigenvalue weighted by atomic mass is 35.5. The van der Waals surface area contributed by atoms with Crippen LogP contribution in [0.1, 0.15) is 5.56 Å². The van der Waals surface area contributed by atoms with E-state index in [2.05, 4.69) is 4.74 Å². The molecule has 0 saturated heterocycles. The minimum atomic E-state index is -1.06. The molecule has 16 heavy (non-hydrogen) atoms. The maximum atomic E-state index is 11.0. The molecular weight excluding hydrogens is 232 g/mol. The van der Waals surface area contributed by atoms with Gasteiger partial charge in [0, 0.05) is 11.4 Å². The molecule has 0 fully saturated rings. The fourth-order valence-electron chi connectivity index (χ4n) is 1.18. The van der Waals surface area contributed by atoms with Crippen LogP contribution < -0.4 is 11.5 Å². The first-order chi connectivity index (χ1) is 7.49. The van der Waals surface area contributed by atoms with Crippen LogP contribution in [0.3, 0.4) is 0 Å². The molecule has 1 aromatic carbocycles. The van der Waals surface area contributed by atoms with E-state index in [4.69, 9.17) is 23.1 Å². The summed E-state index contributed by atoms with van der Waals surface area (Å²) < 4.78 is 4.58. The summed E-state index contributed by atoms with van der Waals surface area (Å²) in [4.78, 5) is 21.5. The highest BCUT2D eigenvalue weighted by molar-refractivity contribution is 6.30. The Bertz CT molecular complexity index is 392. The average molecular weight is 243 g/mol. The van der Waals surface area contributed by atoms with Crippen LogP contribution in [0.4, 0.5) is 4.79 Å². The van der Waals surface area contributed by atoms with Gasteiger partial charge in [0.15, 0.2) is 6.10 Å². The van der Waals surface area contributed by atoms with E-state index in [9.17, 15) is 9.59 Å². The number of rotatable bonds is 4. The van der Waals surface area contributed by atoms with Crippen molar-refractivity contribution in [2.45, 2.75) is 12.5 Å². The van der Waals surface area contributed by atoms with Crippen LogP contribution in [0.2, 0.25) is 5.02 Å². The molecule has 5 nitrogen and oxygen atoms in total. The van der Waals surface area contributed by atoms with Crippen LogP contribution in [0.25, 0.3) is 0 Å². The molecule has 0 aliphatic carbocycles. The molecule has 0 aliphatic heterocycles. The van der Waals surface area contributed by atoms with Gasteiger partial charge in [0.25, 0.3) is 5.91 Å². The van der Waals surface area contributed by atoms with Gasteiger partial charge in [-0.25, -0.2) is 4.79 Å². The second-order valence-electron chi connectivity index (χ2n) is 3.16. The number of carbonyl (C=O) groups excluding carboxylic acids is 2. The zero-order chi connectivity index (χ0) is 12.1. The fraction of sp³-hybridized carbons (Fsp3) is 0.200. The van der Waals surface area contributed by atoms with Gasteiger partial charge in [-0.05, 0) is 17.7 Å². The van der Waals surface area contributed by atoms with Crippen LogP contribution in [0, 0.1) is 0 Å². The average Bonchev–Trinajstić information content (AvgIpc) is 2.19. The summed E-state index contributed by atoms with van der Waals surface area (Å²) in [5.74, 6) is -0.742. The fourth-order valence-corrected chi connectivity index (χ4v) is 1.30. The molecule has 4 N–H and O–H groups in total. The summed E-state index contributed by atoms with van der Waals surface area (Å²) in [6.07, 6.45) is -1.91. The Morgan fingerprint density at radius 1 is 1.25 bits per heavy atom. The summed E-state index contributed by atoms with van der Waals surface area (Å²) in [7, 11) is 0. The molecule has 0 saturated carbocycles. The Balaban J connectivity index is 2.71. The zero-order valence-electron chi connectivity index (χ0n) is 8.35. The number of hydrogen-bond acceptors (Lipinski definition) is 3. The number of primary amides is 2. The number of ether oxygens (including phenoxy) is 1. The van der Waals surface area contributed by atoms with Gasteiger partial charge in [0.2, 0.25) is 0 Å². The van der Waals surface area contributed by atoms with Gasteiger partial charge in [-0.2, -0.15) is 0 Å². The second-order valence-corrected chi connectivity index (χ2v) is 3.59. The lowest BCUT2D eigenvalue weighted by atomic mass is 10.1. The maximum absolute atomic E-state index is 11.0. The first-order valence-corrected chi connectivity index (χ1v) is 4.86. The quantitative estimate of drug-likeness (QED) is 0.819. The van der Waals surface area contributed by atoms with Crippen molar-refractivity contribution in [3.05, 3.63) is 34.9 Å². The number of amides is 2. The summed E-state index contributed by atoms with van der Waals surface area (Å²) in [5.41, 5.74) is 10.7. The maximum Gasteiger partial charge on any atom is 0.405 e. The molecule has 0 radical (unpaired) electrons. The van der Waals surface area contributed by atoms with Crippen molar-refractivity contribution < 1.29 is 14.3 Å². The third-order valence-electron chi connectivity index (χ3n) is 1.91. The van der Waals surface area contributed by atoms with Gasteiger partial charge in [0.05, 0.1) is 0 Å². The smallest absolute Gasteiger partial charge is 0.405 e. The molecule has 0 bridgehead atoms. The van der Waals surface area contributed by atoms with Crippen molar-refractivity contribution in [2.75, 3.05) is 0 Å². The van der Waals surface area contributed by atoms with Crippen molar-refractivity contribution in [3.8, 4) is 0 Å². The zero-order valence-corrected chi connectivity index (χ0v) is 9.11. The predicted octanol–water partition coefficient (Wildman–Crippen LogP) is 0.832. The van der Waals surface area contributed by atoms with Crippen molar-refractivity contribution in [3.63, 3.8) is 0 Å². The van der Waals surface area contributed by atoms with Gasteiger partial charge in [-0.15, -0.1) is 0 Å². The second kappa shape index (κ2) is 5.37. The molecule has 0 heterocycles. The number of nitrogens with two attached hydrogens (primary N) is 2. The molecule has 6 heteroatoms. The van der Waals surface area contributed by atoms with Crippen molar-refractivity contribution in [1.29, 1.82) is 0 Å². The Labute approximate surface area is 97.3 Å². The van der Waals surface area contributed by atoms with Crippen LogP contribution in [0.5, 0.6) is 0 Å². The lowest BCUT2D eigenvalue weighted by Crippen LogP contribution is -2.36. The number of carbonyl (C=O) groups is 2. The van der Waals surface area contributed by atoms with E-state index in [0.717, 1.165) is 5.56 Å². The molecule has 0 aromatic heterocycles. The minimum absolute atomic E-state index is 0.176. The molecule has 2 amide bonds. The monoisotopic (exact) mass is 242 g/mol. The van der Waals surface area contributed by atoms with Crippen molar-refractivity contribution in [1.82, 2.24) is 0 Å². The lowest BCUT2D eigenvalue weighted by Gasteiger charge is -2.12. The number of halogens is 1. The molecule has 1 aromatic rings. The lowest BCUT2D eigenvalue weighted by molar-refractivity contribution is -0.126. The highest BCUT2D eigenvalue weighted by Gasteiger charge is 2.19. The molecule has 86 valence electrons. The Kier molecular flexibility index (Phi) is 4.13. The van der Waals surface area contributed by atoms with E-state index in [1.165, 1.54) is 0 Å². The van der Waals surface area contributed by atoms with Gasteiger partial charge < -0.3 is 16.2 Å². The molecular formula is C10H11ClN2O3. The topological polar surface area (TPSA) is 95.4 Å². The normalized spacial score (nSPS) is 11.8. The SMILES string of the molecule is NC(=O)OC(Cc1ccc(Cl)cc1)C(N)=O. The van der Waals surface area contributed by atoms with Crippen LogP contribution >= 0.6 is 11.6 Å². The highest BCUT2D eigenvalue weighted by Crippen LogP contribution is 2.12. The van der Waals surface area contributed by atoms with E-state index < -0.39 is 18.1 Å². The Hall–Kier alpha value is -1.75. The first kappa shape index (κ1) is 12.3.